The van der Waals surface area contributed by atoms with E-state index in [-0.39, 0.29) is 12.5 Å². The number of para-hydroxylation sites is 1. The molecule has 142 valence electrons. The number of benzene rings is 2. The van der Waals surface area contributed by atoms with Crippen LogP contribution in [0, 0.1) is 0 Å². The molecular weight excluding hydrogens is 348 g/mol. The number of nitrogens with zero attached hydrogens (tertiary/aromatic N) is 2. The van der Waals surface area contributed by atoms with Crippen LogP contribution < -0.4 is 19.1 Å². The van der Waals surface area contributed by atoms with Gasteiger partial charge in [-0.2, -0.15) is 0 Å². The maximum Gasteiger partial charge on any atom is 0.267 e. The molecule has 27 heavy (non-hydrogen) atoms. The molecule has 7 nitrogen and oxygen atoms in total. The van der Waals surface area contributed by atoms with Gasteiger partial charge >= 0.3 is 0 Å². The SMILES string of the molecule is COc1cc(/C=N\OCC(=O)N2CCc3ccccc32)cc(OC)c1OC. The van der Waals surface area contributed by atoms with Crippen LogP contribution in [0.5, 0.6) is 17.2 Å². The fourth-order valence-corrected chi connectivity index (χ4v) is 3.04. The van der Waals surface area contributed by atoms with Gasteiger partial charge in [-0.3, -0.25) is 4.79 Å². The lowest BCUT2D eigenvalue weighted by molar-refractivity contribution is -0.122. The molecule has 1 aliphatic heterocycles. The molecule has 0 aliphatic carbocycles. The lowest BCUT2D eigenvalue weighted by Gasteiger charge is -2.16. The van der Waals surface area contributed by atoms with Crippen molar-refractivity contribution in [3.05, 3.63) is 47.5 Å². The van der Waals surface area contributed by atoms with E-state index >= 15 is 0 Å². The van der Waals surface area contributed by atoms with Gasteiger partial charge in [-0.05, 0) is 30.2 Å². The molecule has 1 amide bonds. The first-order valence-electron chi connectivity index (χ1n) is 8.51. The van der Waals surface area contributed by atoms with Gasteiger partial charge < -0.3 is 23.9 Å². The smallest absolute Gasteiger partial charge is 0.267 e. The van der Waals surface area contributed by atoms with E-state index in [1.54, 1.807) is 38.4 Å². The molecule has 1 heterocycles. The summed E-state index contributed by atoms with van der Waals surface area (Å²) >= 11 is 0. The second-order valence-electron chi connectivity index (χ2n) is 5.89. The molecule has 0 radical (unpaired) electrons. The summed E-state index contributed by atoms with van der Waals surface area (Å²) in [5.74, 6) is 1.41. The van der Waals surface area contributed by atoms with Crippen molar-refractivity contribution in [3.63, 3.8) is 0 Å². The van der Waals surface area contributed by atoms with E-state index in [9.17, 15) is 4.79 Å². The fraction of sp³-hybridized carbons (Fsp3) is 0.300. The Bertz CT molecular complexity index is 825. The van der Waals surface area contributed by atoms with Crippen molar-refractivity contribution in [1.82, 2.24) is 0 Å². The highest BCUT2D eigenvalue weighted by molar-refractivity contribution is 5.96. The van der Waals surface area contributed by atoms with Crippen molar-refractivity contribution in [1.29, 1.82) is 0 Å². The second-order valence-corrected chi connectivity index (χ2v) is 5.89. The molecule has 0 atom stereocenters. The summed E-state index contributed by atoms with van der Waals surface area (Å²) < 4.78 is 15.9. The van der Waals surface area contributed by atoms with Crippen LogP contribution in [0.1, 0.15) is 11.1 Å². The fourth-order valence-electron chi connectivity index (χ4n) is 3.04. The standard InChI is InChI=1S/C20H22N2O5/c1-24-17-10-14(11-18(25-2)20(17)26-3)12-21-27-13-19(23)22-9-8-15-6-4-5-7-16(15)22/h4-7,10-12H,8-9,13H2,1-3H3/b21-12-. The molecular formula is C20H22N2O5. The van der Waals surface area contributed by atoms with Crippen molar-refractivity contribution in [2.75, 3.05) is 39.4 Å². The third-order valence-corrected chi connectivity index (χ3v) is 4.34. The minimum atomic E-state index is -0.130. The Morgan fingerprint density at radius 1 is 1.11 bits per heavy atom. The molecule has 0 saturated heterocycles. The number of carbonyl (C=O) groups is 1. The van der Waals surface area contributed by atoms with Gasteiger partial charge in [0.1, 0.15) is 0 Å². The van der Waals surface area contributed by atoms with Crippen LogP contribution >= 0.6 is 0 Å². The maximum absolute atomic E-state index is 12.4. The maximum atomic E-state index is 12.4. The topological polar surface area (TPSA) is 69.6 Å². The molecule has 3 rings (SSSR count). The number of rotatable bonds is 7. The number of carbonyl (C=O) groups excluding carboxylic acids is 1. The average molecular weight is 370 g/mol. The minimum Gasteiger partial charge on any atom is -0.493 e. The molecule has 0 saturated carbocycles. The van der Waals surface area contributed by atoms with Crippen LogP contribution in [0.2, 0.25) is 0 Å². The van der Waals surface area contributed by atoms with Crippen molar-refractivity contribution in [3.8, 4) is 17.2 Å². The quantitative estimate of drug-likeness (QED) is 0.554. The second kappa shape index (κ2) is 8.44. The third-order valence-electron chi connectivity index (χ3n) is 4.34. The van der Waals surface area contributed by atoms with E-state index in [1.807, 2.05) is 24.3 Å². The van der Waals surface area contributed by atoms with Crippen LogP contribution in [-0.2, 0) is 16.1 Å². The van der Waals surface area contributed by atoms with E-state index in [0.717, 1.165) is 12.1 Å². The Balaban J connectivity index is 1.62. The molecule has 7 heteroatoms. The summed E-state index contributed by atoms with van der Waals surface area (Å²) in [5, 5.41) is 3.89. The van der Waals surface area contributed by atoms with Crippen LogP contribution in [-0.4, -0.2) is 46.6 Å². The van der Waals surface area contributed by atoms with E-state index < -0.39 is 0 Å². The van der Waals surface area contributed by atoms with E-state index in [0.29, 0.717) is 29.4 Å². The van der Waals surface area contributed by atoms with Gasteiger partial charge in [0, 0.05) is 17.8 Å². The Morgan fingerprint density at radius 2 is 1.81 bits per heavy atom. The molecule has 0 fully saturated rings. The van der Waals surface area contributed by atoms with Gasteiger partial charge in [-0.1, -0.05) is 23.4 Å². The number of hydrogen-bond acceptors (Lipinski definition) is 6. The number of ether oxygens (including phenoxy) is 3. The first kappa shape index (κ1) is 18.6. The first-order chi connectivity index (χ1) is 13.2. The predicted octanol–water partition coefficient (Wildman–Crippen LogP) is 2.65. The summed E-state index contributed by atoms with van der Waals surface area (Å²) in [4.78, 5) is 19.3. The number of oxime groups is 1. The Kier molecular flexibility index (Phi) is 5.80. The van der Waals surface area contributed by atoms with Gasteiger partial charge in [-0.25, -0.2) is 0 Å². The highest BCUT2D eigenvalue weighted by atomic mass is 16.6. The average Bonchev–Trinajstić information content (AvgIpc) is 3.14. The lowest BCUT2D eigenvalue weighted by atomic mass is 10.2. The molecule has 0 bridgehead atoms. The summed E-state index contributed by atoms with van der Waals surface area (Å²) in [6.45, 7) is 0.535. The number of fused-ring (bicyclic) bond motifs is 1. The van der Waals surface area contributed by atoms with E-state index in [4.69, 9.17) is 19.0 Å². The third kappa shape index (κ3) is 3.97. The van der Waals surface area contributed by atoms with Gasteiger partial charge in [0.25, 0.3) is 5.91 Å². The number of amides is 1. The number of methoxy groups -OCH3 is 3. The van der Waals surface area contributed by atoms with Gasteiger partial charge in [0.15, 0.2) is 18.1 Å². The zero-order chi connectivity index (χ0) is 19.2. The van der Waals surface area contributed by atoms with Crippen LogP contribution in [0.3, 0.4) is 0 Å². The Labute approximate surface area is 158 Å². The van der Waals surface area contributed by atoms with Crippen molar-refractivity contribution < 1.29 is 23.8 Å². The summed E-state index contributed by atoms with van der Waals surface area (Å²) in [6, 6.07) is 11.4. The van der Waals surface area contributed by atoms with Crippen molar-refractivity contribution in [2.24, 2.45) is 5.16 Å². The molecule has 0 aromatic heterocycles. The van der Waals surface area contributed by atoms with E-state index in [2.05, 4.69) is 5.16 Å². The summed E-state index contributed by atoms with van der Waals surface area (Å²) in [6.07, 6.45) is 2.35. The van der Waals surface area contributed by atoms with E-state index in [1.165, 1.54) is 11.8 Å². The Morgan fingerprint density at radius 3 is 2.48 bits per heavy atom. The highest BCUT2D eigenvalue weighted by Gasteiger charge is 2.24. The molecule has 0 spiro atoms. The first-order valence-corrected chi connectivity index (χ1v) is 8.51. The number of hydrogen-bond donors (Lipinski definition) is 0. The molecule has 0 unspecified atom stereocenters. The predicted molar refractivity (Wildman–Crippen MR) is 102 cm³/mol. The monoisotopic (exact) mass is 370 g/mol. The normalized spacial score (nSPS) is 12.8. The van der Waals surface area contributed by atoms with Crippen LogP contribution in [0.15, 0.2) is 41.6 Å². The summed E-state index contributed by atoms with van der Waals surface area (Å²) in [5.41, 5.74) is 2.81. The van der Waals surface area contributed by atoms with Crippen molar-refractivity contribution in [2.45, 2.75) is 6.42 Å². The Hall–Kier alpha value is -3.22. The van der Waals surface area contributed by atoms with Crippen molar-refractivity contribution >= 4 is 17.8 Å². The molecule has 0 N–H and O–H groups in total. The van der Waals surface area contributed by atoms with Gasteiger partial charge in [0.05, 0.1) is 27.5 Å². The number of anilines is 1. The molecule has 2 aromatic rings. The largest absolute Gasteiger partial charge is 0.493 e. The van der Waals surface area contributed by atoms with Gasteiger partial charge in [0.2, 0.25) is 5.75 Å². The minimum absolute atomic E-state index is 0.123. The summed E-state index contributed by atoms with van der Waals surface area (Å²) in [7, 11) is 4.63. The zero-order valence-electron chi connectivity index (χ0n) is 15.6. The highest BCUT2D eigenvalue weighted by Crippen LogP contribution is 2.37. The molecule has 2 aromatic carbocycles. The van der Waals surface area contributed by atoms with Crippen LogP contribution in [0.4, 0.5) is 5.69 Å². The zero-order valence-corrected chi connectivity index (χ0v) is 15.6. The van der Waals surface area contributed by atoms with Gasteiger partial charge in [-0.15, -0.1) is 0 Å². The van der Waals surface area contributed by atoms with Crippen LogP contribution in [0.25, 0.3) is 0 Å². The lowest BCUT2D eigenvalue weighted by Crippen LogP contribution is -2.31. The molecule has 1 aliphatic rings.